The van der Waals surface area contributed by atoms with E-state index in [0.29, 0.717) is 5.15 Å². The fourth-order valence-electron chi connectivity index (χ4n) is 3.52. The summed E-state index contributed by atoms with van der Waals surface area (Å²) in [7, 11) is 0. The Balaban J connectivity index is 1.51. The summed E-state index contributed by atoms with van der Waals surface area (Å²) in [5, 5.41) is 1.20. The van der Waals surface area contributed by atoms with Gasteiger partial charge in [-0.1, -0.05) is 29.6 Å². The highest BCUT2D eigenvalue weighted by Crippen LogP contribution is 2.24. The molecule has 0 unspecified atom stereocenters. The van der Waals surface area contributed by atoms with E-state index in [1.54, 1.807) is 12.3 Å². The van der Waals surface area contributed by atoms with Gasteiger partial charge in [-0.3, -0.25) is 4.90 Å². The maximum atomic E-state index is 6.24. The van der Waals surface area contributed by atoms with Gasteiger partial charge in [0.2, 0.25) is 0 Å². The Kier molecular flexibility index (Phi) is 5.38. The molecule has 5 heteroatoms. The topological polar surface area (TPSA) is 19.4 Å². The first-order valence-electron chi connectivity index (χ1n) is 7.99. The molecule has 0 atom stereocenters. The van der Waals surface area contributed by atoms with Crippen molar-refractivity contribution in [3.63, 3.8) is 0 Å². The summed E-state index contributed by atoms with van der Waals surface area (Å²) >= 11 is 12.1. The van der Waals surface area contributed by atoms with E-state index in [1.807, 2.05) is 0 Å². The second-order valence-corrected chi connectivity index (χ2v) is 7.00. The molecule has 0 N–H and O–H groups in total. The largest absolute Gasteiger partial charge is 0.300 e. The van der Waals surface area contributed by atoms with Gasteiger partial charge >= 0.3 is 0 Å². The average molecular weight is 328 g/mol. The maximum absolute atomic E-state index is 6.24. The lowest BCUT2D eigenvalue weighted by Gasteiger charge is -2.40. The molecule has 3 rings (SSSR count). The third kappa shape index (κ3) is 4.10. The number of likely N-dealkylation sites (tertiary alicyclic amines) is 2. The van der Waals surface area contributed by atoms with E-state index in [2.05, 4.69) is 14.8 Å². The van der Waals surface area contributed by atoms with E-state index in [9.17, 15) is 0 Å². The molecule has 1 aromatic rings. The van der Waals surface area contributed by atoms with E-state index in [-0.39, 0.29) is 0 Å². The van der Waals surface area contributed by atoms with Crippen LogP contribution in [0.1, 0.15) is 37.7 Å². The van der Waals surface area contributed by atoms with Gasteiger partial charge in [0.25, 0.3) is 0 Å². The van der Waals surface area contributed by atoms with Crippen LogP contribution in [0.2, 0.25) is 10.2 Å². The Labute approximate surface area is 137 Å². The van der Waals surface area contributed by atoms with E-state index in [1.165, 1.54) is 45.2 Å². The number of nitrogens with zero attached hydrogens (tertiary/aromatic N) is 3. The lowest BCUT2D eigenvalue weighted by Crippen LogP contribution is -2.46. The lowest BCUT2D eigenvalue weighted by molar-refractivity contribution is 0.0896. The summed E-state index contributed by atoms with van der Waals surface area (Å²) in [5.41, 5.74) is 1.08. The molecule has 116 valence electrons. The Hall–Kier alpha value is -0.350. The predicted octanol–water partition coefficient (Wildman–Crippen LogP) is 3.84. The molecule has 0 saturated carbocycles. The van der Waals surface area contributed by atoms with Crippen molar-refractivity contribution in [1.29, 1.82) is 0 Å². The molecule has 3 heterocycles. The normalized spacial score (nSPS) is 22.6. The van der Waals surface area contributed by atoms with Crippen LogP contribution in [0.15, 0.2) is 12.3 Å². The summed E-state index contributed by atoms with van der Waals surface area (Å²) in [6.45, 7) is 5.80. The minimum absolute atomic E-state index is 0.465. The van der Waals surface area contributed by atoms with Crippen LogP contribution in [0, 0.1) is 0 Å². The van der Waals surface area contributed by atoms with Crippen LogP contribution in [0.4, 0.5) is 0 Å². The Morgan fingerprint density at radius 1 is 1.05 bits per heavy atom. The summed E-state index contributed by atoms with van der Waals surface area (Å²) in [5.74, 6) is 0. The zero-order valence-electron chi connectivity index (χ0n) is 12.4. The molecule has 3 nitrogen and oxygen atoms in total. The molecule has 0 amide bonds. The predicted molar refractivity (Wildman–Crippen MR) is 88.0 cm³/mol. The highest BCUT2D eigenvalue weighted by Gasteiger charge is 2.25. The van der Waals surface area contributed by atoms with Crippen molar-refractivity contribution in [3.8, 4) is 0 Å². The average Bonchev–Trinajstić information content (AvgIpc) is 2.52. The van der Waals surface area contributed by atoms with Gasteiger partial charge in [0, 0.05) is 29.4 Å². The fraction of sp³-hybridized carbons (Fsp3) is 0.688. The standard InChI is InChI=1S/C16H23Cl2N3/c17-15-10-16(18)19-11-13(15)12-20-8-4-14(5-9-20)21-6-2-1-3-7-21/h10-11,14H,1-9,12H2. The zero-order chi connectivity index (χ0) is 14.7. The van der Waals surface area contributed by atoms with Gasteiger partial charge in [-0.25, -0.2) is 4.98 Å². The minimum Gasteiger partial charge on any atom is -0.300 e. The molecule has 2 saturated heterocycles. The van der Waals surface area contributed by atoms with Gasteiger partial charge in [-0.05, 0) is 57.9 Å². The van der Waals surface area contributed by atoms with Crippen molar-refractivity contribution < 1.29 is 0 Å². The quantitative estimate of drug-likeness (QED) is 0.786. The first-order chi connectivity index (χ1) is 10.2. The fourth-order valence-corrected chi connectivity index (χ4v) is 3.94. The molecular weight excluding hydrogens is 305 g/mol. The third-order valence-electron chi connectivity index (χ3n) is 4.75. The van der Waals surface area contributed by atoms with Gasteiger partial charge in [-0.2, -0.15) is 0 Å². The maximum Gasteiger partial charge on any atom is 0.130 e. The molecule has 0 aliphatic carbocycles. The molecule has 0 spiro atoms. The van der Waals surface area contributed by atoms with Crippen molar-refractivity contribution in [1.82, 2.24) is 14.8 Å². The number of halogens is 2. The van der Waals surface area contributed by atoms with E-state index in [4.69, 9.17) is 23.2 Å². The number of aromatic nitrogens is 1. The van der Waals surface area contributed by atoms with Crippen LogP contribution >= 0.6 is 23.2 Å². The second kappa shape index (κ2) is 7.28. The number of piperidine rings is 2. The van der Waals surface area contributed by atoms with Gasteiger partial charge in [0.1, 0.15) is 5.15 Å². The number of hydrogen-bond acceptors (Lipinski definition) is 3. The van der Waals surface area contributed by atoms with Crippen LogP contribution in [0.5, 0.6) is 0 Å². The van der Waals surface area contributed by atoms with E-state index in [0.717, 1.165) is 36.3 Å². The monoisotopic (exact) mass is 327 g/mol. The molecule has 0 bridgehead atoms. The lowest BCUT2D eigenvalue weighted by atomic mass is 9.99. The second-order valence-electron chi connectivity index (χ2n) is 6.20. The number of rotatable bonds is 3. The summed E-state index contributed by atoms with van der Waals surface area (Å²) < 4.78 is 0. The molecule has 1 aromatic heterocycles. The van der Waals surface area contributed by atoms with E-state index < -0.39 is 0 Å². The van der Waals surface area contributed by atoms with Crippen molar-refractivity contribution in [2.75, 3.05) is 26.2 Å². The van der Waals surface area contributed by atoms with Crippen molar-refractivity contribution in [2.24, 2.45) is 0 Å². The van der Waals surface area contributed by atoms with Gasteiger partial charge in [0.15, 0.2) is 0 Å². The SMILES string of the molecule is Clc1cc(Cl)c(CN2CCC(N3CCCCC3)CC2)cn1. The molecular formula is C16H23Cl2N3. The minimum atomic E-state index is 0.465. The number of hydrogen-bond donors (Lipinski definition) is 0. The van der Waals surface area contributed by atoms with Gasteiger partial charge in [0.05, 0.1) is 0 Å². The van der Waals surface area contributed by atoms with Crippen LogP contribution in [-0.4, -0.2) is 47.0 Å². The van der Waals surface area contributed by atoms with E-state index >= 15 is 0 Å². The zero-order valence-corrected chi connectivity index (χ0v) is 13.9. The Morgan fingerprint density at radius 2 is 1.76 bits per heavy atom. The molecule has 2 fully saturated rings. The van der Waals surface area contributed by atoms with Crippen molar-refractivity contribution in [2.45, 2.75) is 44.7 Å². The molecule has 21 heavy (non-hydrogen) atoms. The van der Waals surface area contributed by atoms with Crippen LogP contribution < -0.4 is 0 Å². The van der Waals surface area contributed by atoms with Crippen LogP contribution in [0.3, 0.4) is 0 Å². The molecule has 2 aliphatic heterocycles. The Morgan fingerprint density at radius 3 is 2.43 bits per heavy atom. The first-order valence-corrected chi connectivity index (χ1v) is 8.74. The summed E-state index contributed by atoms with van der Waals surface area (Å²) in [6, 6.07) is 2.53. The molecule has 0 radical (unpaired) electrons. The summed E-state index contributed by atoms with van der Waals surface area (Å²) in [4.78, 5) is 9.33. The third-order valence-corrected chi connectivity index (χ3v) is 5.31. The first kappa shape index (κ1) is 15.5. The molecule has 0 aromatic carbocycles. The van der Waals surface area contributed by atoms with Crippen molar-refractivity contribution in [3.05, 3.63) is 28.0 Å². The smallest absolute Gasteiger partial charge is 0.130 e. The van der Waals surface area contributed by atoms with Gasteiger partial charge in [-0.15, -0.1) is 0 Å². The number of pyridine rings is 1. The highest BCUT2D eigenvalue weighted by molar-refractivity contribution is 6.34. The van der Waals surface area contributed by atoms with Gasteiger partial charge < -0.3 is 4.90 Å². The van der Waals surface area contributed by atoms with Crippen LogP contribution in [-0.2, 0) is 6.54 Å². The van der Waals surface area contributed by atoms with Crippen LogP contribution in [0.25, 0.3) is 0 Å². The molecule has 2 aliphatic rings. The Bertz CT molecular complexity index is 467. The van der Waals surface area contributed by atoms with Crippen molar-refractivity contribution >= 4 is 23.2 Å². The highest BCUT2D eigenvalue weighted by atomic mass is 35.5. The summed E-state index contributed by atoms with van der Waals surface area (Å²) in [6.07, 6.45) is 8.54.